The average Bonchev–Trinajstić information content (AvgIpc) is 2.77. The van der Waals surface area contributed by atoms with E-state index in [2.05, 4.69) is 33.7 Å². The molecule has 0 fully saturated rings. The molecule has 0 unspecified atom stereocenters. The molecule has 0 radical (unpaired) electrons. The molecular formula is C14H14N2OS2. The van der Waals surface area contributed by atoms with Crippen molar-refractivity contribution in [1.82, 2.24) is 4.72 Å². The fraction of sp³-hybridized carbons (Fsp3) is 0.143. The third-order valence-corrected chi connectivity index (χ3v) is 4.02. The van der Waals surface area contributed by atoms with Gasteiger partial charge in [0.2, 0.25) is 0 Å². The van der Waals surface area contributed by atoms with Crippen LogP contribution in [0.2, 0.25) is 0 Å². The molecule has 3 nitrogen and oxygen atoms in total. The quantitative estimate of drug-likeness (QED) is 0.692. The Labute approximate surface area is 120 Å². The van der Waals surface area contributed by atoms with E-state index < -0.39 is 0 Å². The molecular weight excluding hydrogens is 276 g/mol. The highest BCUT2D eigenvalue weighted by molar-refractivity contribution is 7.99. The summed E-state index contributed by atoms with van der Waals surface area (Å²) in [6, 6.07) is 12.5. The molecule has 0 saturated heterocycles. The lowest BCUT2D eigenvalue weighted by molar-refractivity contribution is 0.668. The molecule has 0 aliphatic heterocycles. The van der Waals surface area contributed by atoms with Crippen molar-refractivity contribution in [3.8, 4) is 0 Å². The molecule has 0 aliphatic rings. The summed E-state index contributed by atoms with van der Waals surface area (Å²) in [5, 5.41) is 2.30. The Hall–Kier alpha value is -1.30. The number of hydrogen-bond donors (Lipinski definition) is 2. The predicted octanol–water partition coefficient (Wildman–Crippen LogP) is 4.50. The monoisotopic (exact) mass is 290 g/mol. The van der Waals surface area contributed by atoms with Crippen LogP contribution in [-0.4, -0.2) is 13.3 Å². The van der Waals surface area contributed by atoms with Gasteiger partial charge in [-0.2, -0.15) is 0 Å². The molecule has 2 aromatic carbocycles. The van der Waals surface area contributed by atoms with Crippen molar-refractivity contribution in [2.75, 3.05) is 18.0 Å². The van der Waals surface area contributed by atoms with E-state index in [1.54, 1.807) is 23.9 Å². The minimum absolute atomic E-state index is 0.924. The van der Waals surface area contributed by atoms with Gasteiger partial charge in [0.25, 0.3) is 0 Å². The average molecular weight is 290 g/mol. The van der Waals surface area contributed by atoms with E-state index in [9.17, 15) is 0 Å². The van der Waals surface area contributed by atoms with Crippen molar-refractivity contribution in [2.24, 2.45) is 0 Å². The fourth-order valence-electron chi connectivity index (χ4n) is 2.12. The first-order valence-corrected chi connectivity index (χ1v) is 7.95. The second kappa shape index (κ2) is 5.36. The van der Waals surface area contributed by atoms with E-state index in [4.69, 9.17) is 4.42 Å². The topological polar surface area (TPSA) is 37.2 Å². The molecule has 0 saturated carbocycles. The Morgan fingerprint density at radius 3 is 2.68 bits per heavy atom. The first-order valence-electron chi connectivity index (χ1n) is 5.90. The van der Waals surface area contributed by atoms with Crippen LogP contribution in [-0.2, 0) is 0 Å². The lowest BCUT2D eigenvalue weighted by Crippen LogP contribution is -1.89. The highest BCUT2D eigenvalue weighted by Crippen LogP contribution is 2.33. The number of fused-ring (bicyclic) bond motifs is 3. The minimum atomic E-state index is 0.924. The Morgan fingerprint density at radius 1 is 1.00 bits per heavy atom. The third kappa shape index (κ3) is 2.41. The highest BCUT2D eigenvalue weighted by atomic mass is 32.2. The first-order chi connectivity index (χ1) is 9.31. The Kier molecular flexibility index (Phi) is 3.59. The van der Waals surface area contributed by atoms with Gasteiger partial charge in [-0.3, -0.25) is 4.72 Å². The van der Waals surface area contributed by atoms with Crippen molar-refractivity contribution in [2.45, 2.75) is 4.90 Å². The van der Waals surface area contributed by atoms with E-state index in [1.165, 1.54) is 0 Å². The summed E-state index contributed by atoms with van der Waals surface area (Å²) in [5.74, 6) is 0. The van der Waals surface area contributed by atoms with E-state index in [0.717, 1.165) is 32.5 Å². The second-order valence-electron chi connectivity index (χ2n) is 4.08. The van der Waals surface area contributed by atoms with Crippen molar-refractivity contribution in [3.63, 3.8) is 0 Å². The number of benzene rings is 2. The maximum atomic E-state index is 5.90. The molecule has 1 aromatic heterocycles. The molecule has 19 heavy (non-hydrogen) atoms. The van der Waals surface area contributed by atoms with Crippen LogP contribution in [0, 0.1) is 0 Å². The number of hydrogen-bond acceptors (Lipinski definition) is 5. The third-order valence-electron chi connectivity index (χ3n) is 2.88. The van der Waals surface area contributed by atoms with Gasteiger partial charge in [0.15, 0.2) is 0 Å². The van der Waals surface area contributed by atoms with Crippen molar-refractivity contribution in [1.29, 1.82) is 0 Å². The molecule has 5 heteroatoms. The molecule has 0 amide bonds. The standard InChI is InChI=1S/C14H14N2OS2/c1-15-19-10-4-5-11-12-7-9(16-18-2)3-6-13(12)17-14(11)8-10/h3-8,15-16H,1-2H3. The number of nitrogens with one attached hydrogen (secondary N) is 2. The van der Waals surface area contributed by atoms with Gasteiger partial charge in [-0.25, -0.2) is 0 Å². The summed E-state index contributed by atoms with van der Waals surface area (Å²) in [4.78, 5) is 1.15. The van der Waals surface area contributed by atoms with Gasteiger partial charge >= 0.3 is 0 Å². The normalized spacial score (nSPS) is 11.3. The van der Waals surface area contributed by atoms with Gasteiger partial charge < -0.3 is 9.14 Å². The number of anilines is 1. The van der Waals surface area contributed by atoms with Crippen LogP contribution in [0.25, 0.3) is 21.9 Å². The Bertz CT molecular complexity index is 724. The summed E-state index contributed by atoms with van der Waals surface area (Å²) >= 11 is 3.17. The molecule has 0 spiro atoms. The van der Waals surface area contributed by atoms with E-state index in [1.807, 2.05) is 25.4 Å². The van der Waals surface area contributed by atoms with Crippen molar-refractivity contribution >= 4 is 51.5 Å². The SMILES string of the molecule is CNSc1ccc2c(c1)oc1ccc(NSC)cc12. The molecule has 3 aromatic rings. The molecule has 0 aliphatic carbocycles. The maximum Gasteiger partial charge on any atom is 0.136 e. The zero-order valence-electron chi connectivity index (χ0n) is 10.7. The Morgan fingerprint density at radius 2 is 1.89 bits per heavy atom. The zero-order chi connectivity index (χ0) is 13.2. The summed E-state index contributed by atoms with van der Waals surface area (Å²) < 4.78 is 12.2. The van der Waals surface area contributed by atoms with Gasteiger partial charge in [0.1, 0.15) is 11.2 Å². The summed E-state index contributed by atoms with van der Waals surface area (Å²) in [7, 11) is 1.91. The molecule has 3 rings (SSSR count). The van der Waals surface area contributed by atoms with Gasteiger partial charge in [-0.15, -0.1) is 0 Å². The molecule has 2 N–H and O–H groups in total. The zero-order valence-corrected chi connectivity index (χ0v) is 12.3. The van der Waals surface area contributed by atoms with E-state index in [-0.39, 0.29) is 0 Å². The highest BCUT2D eigenvalue weighted by Gasteiger charge is 2.08. The molecule has 1 heterocycles. The first kappa shape index (κ1) is 12.7. The maximum absolute atomic E-state index is 5.90. The number of furan rings is 1. The second-order valence-corrected chi connectivity index (χ2v) is 5.78. The summed E-state index contributed by atoms with van der Waals surface area (Å²) in [5.41, 5.74) is 2.95. The van der Waals surface area contributed by atoms with Crippen molar-refractivity contribution in [3.05, 3.63) is 36.4 Å². The number of rotatable bonds is 4. The van der Waals surface area contributed by atoms with Crippen LogP contribution >= 0.6 is 23.9 Å². The van der Waals surface area contributed by atoms with Crippen LogP contribution in [0.4, 0.5) is 5.69 Å². The smallest absolute Gasteiger partial charge is 0.136 e. The summed E-state index contributed by atoms with van der Waals surface area (Å²) in [6.07, 6.45) is 2.01. The fourth-order valence-corrected chi connectivity index (χ4v) is 3.02. The van der Waals surface area contributed by atoms with Gasteiger partial charge in [-0.05, 0) is 55.4 Å². The molecule has 0 bridgehead atoms. The van der Waals surface area contributed by atoms with E-state index in [0.29, 0.717) is 0 Å². The van der Waals surface area contributed by atoms with E-state index >= 15 is 0 Å². The van der Waals surface area contributed by atoms with Crippen molar-refractivity contribution < 1.29 is 4.42 Å². The summed E-state index contributed by atoms with van der Waals surface area (Å²) in [6.45, 7) is 0. The predicted molar refractivity (Wildman–Crippen MR) is 85.8 cm³/mol. The van der Waals surface area contributed by atoms with Crippen LogP contribution in [0.1, 0.15) is 0 Å². The largest absolute Gasteiger partial charge is 0.456 e. The molecule has 0 atom stereocenters. The van der Waals surface area contributed by atoms with Crippen LogP contribution in [0.3, 0.4) is 0 Å². The van der Waals surface area contributed by atoms with Crippen LogP contribution < -0.4 is 9.44 Å². The lowest BCUT2D eigenvalue weighted by Gasteiger charge is -2.01. The van der Waals surface area contributed by atoms with Crippen LogP contribution in [0.15, 0.2) is 45.7 Å². The lowest BCUT2D eigenvalue weighted by atomic mass is 10.1. The molecule has 98 valence electrons. The Balaban J connectivity index is 2.16. The van der Waals surface area contributed by atoms with Crippen LogP contribution in [0.5, 0.6) is 0 Å². The van der Waals surface area contributed by atoms with Gasteiger partial charge in [0, 0.05) is 27.6 Å². The minimum Gasteiger partial charge on any atom is -0.456 e. The van der Waals surface area contributed by atoms with Gasteiger partial charge in [-0.1, -0.05) is 11.9 Å². The van der Waals surface area contributed by atoms with Gasteiger partial charge in [0.05, 0.1) is 0 Å².